The summed E-state index contributed by atoms with van der Waals surface area (Å²) in [5.74, 6) is -2.90. The number of rotatable bonds is 7. The third-order valence-electron chi connectivity index (χ3n) is 4.60. The molecule has 9 heteroatoms. The van der Waals surface area contributed by atoms with Crippen molar-refractivity contribution >= 4 is 17.5 Å². The van der Waals surface area contributed by atoms with Gasteiger partial charge in [-0.3, -0.25) is 9.59 Å². The van der Waals surface area contributed by atoms with Gasteiger partial charge in [-0.25, -0.2) is 13.8 Å². The summed E-state index contributed by atoms with van der Waals surface area (Å²) in [6, 6.07) is 14.2. The number of ether oxygens (including phenoxy) is 1. The zero-order valence-corrected chi connectivity index (χ0v) is 16.8. The summed E-state index contributed by atoms with van der Waals surface area (Å²) in [4.78, 5) is 24.9. The zero-order valence-electron chi connectivity index (χ0n) is 16.8. The lowest BCUT2D eigenvalue weighted by Crippen LogP contribution is -2.52. The molecule has 0 aliphatic carbocycles. The Morgan fingerprint density at radius 1 is 1.23 bits per heavy atom. The van der Waals surface area contributed by atoms with Gasteiger partial charge in [-0.15, -0.1) is 0 Å². The van der Waals surface area contributed by atoms with Gasteiger partial charge in [0.15, 0.2) is 17.2 Å². The molecule has 1 N–H and O–H groups in total. The van der Waals surface area contributed by atoms with E-state index in [9.17, 15) is 23.6 Å². The first kappa shape index (κ1) is 21.9. The molecule has 1 unspecified atom stereocenters. The van der Waals surface area contributed by atoms with Crippen LogP contribution >= 0.6 is 0 Å². The van der Waals surface area contributed by atoms with E-state index in [0.29, 0.717) is 0 Å². The van der Waals surface area contributed by atoms with Crippen LogP contribution in [0.4, 0.5) is 8.78 Å². The molecule has 0 spiro atoms. The summed E-state index contributed by atoms with van der Waals surface area (Å²) in [5.41, 5.74) is -0.483. The molecule has 0 bridgehead atoms. The van der Waals surface area contributed by atoms with Crippen LogP contribution < -0.4 is 10.1 Å². The van der Waals surface area contributed by atoms with Crippen molar-refractivity contribution in [2.75, 3.05) is 6.61 Å². The Hall–Kier alpha value is -3.80. The van der Waals surface area contributed by atoms with Gasteiger partial charge in [-0.05, 0) is 24.6 Å². The van der Waals surface area contributed by atoms with E-state index in [0.717, 1.165) is 17.7 Å². The van der Waals surface area contributed by atoms with Crippen LogP contribution in [0.25, 0.3) is 0 Å². The van der Waals surface area contributed by atoms with Crippen molar-refractivity contribution in [2.45, 2.75) is 31.8 Å². The van der Waals surface area contributed by atoms with E-state index in [1.54, 1.807) is 0 Å². The molecule has 1 aliphatic heterocycles. The Morgan fingerprint density at radius 2 is 1.97 bits per heavy atom. The number of amides is 2. The van der Waals surface area contributed by atoms with E-state index >= 15 is 0 Å². The molecule has 1 heterocycles. The number of hydrazone groups is 1. The van der Waals surface area contributed by atoms with Gasteiger partial charge < -0.3 is 10.1 Å². The van der Waals surface area contributed by atoms with Crippen LogP contribution in [-0.2, 0) is 16.1 Å². The summed E-state index contributed by atoms with van der Waals surface area (Å²) in [6.07, 6.45) is 0.259. The van der Waals surface area contributed by atoms with Gasteiger partial charge in [0, 0.05) is 18.9 Å². The lowest BCUT2D eigenvalue weighted by Gasteiger charge is -2.26. The molecule has 2 amide bonds. The number of benzene rings is 2. The molecule has 2 aromatic carbocycles. The molecule has 1 aliphatic rings. The summed E-state index contributed by atoms with van der Waals surface area (Å²) in [7, 11) is 0. The highest BCUT2D eigenvalue weighted by molar-refractivity contribution is 6.39. The van der Waals surface area contributed by atoms with Gasteiger partial charge in [0.2, 0.25) is 5.91 Å². The predicted molar refractivity (Wildman–Crippen MR) is 108 cm³/mol. The Kier molecular flexibility index (Phi) is 6.60. The van der Waals surface area contributed by atoms with Crippen molar-refractivity contribution in [2.24, 2.45) is 5.10 Å². The second kappa shape index (κ2) is 9.34. The van der Waals surface area contributed by atoms with Crippen LogP contribution in [0.3, 0.4) is 0 Å². The summed E-state index contributed by atoms with van der Waals surface area (Å²) < 4.78 is 31.7. The molecular formula is C22H20F2N4O3. The van der Waals surface area contributed by atoms with Crippen LogP contribution in [-0.4, -0.2) is 34.7 Å². The highest BCUT2D eigenvalue weighted by Crippen LogP contribution is 2.18. The first-order valence-electron chi connectivity index (χ1n) is 9.53. The molecule has 0 saturated carbocycles. The first-order valence-corrected chi connectivity index (χ1v) is 9.53. The van der Waals surface area contributed by atoms with E-state index in [1.807, 2.05) is 36.4 Å². The number of nitriles is 1. The molecule has 3 rings (SSSR count). The van der Waals surface area contributed by atoms with Gasteiger partial charge >= 0.3 is 0 Å². The minimum absolute atomic E-state index is 0.0178. The van der Waals surface area contributed by atoms with Crippen molar-refractivity contribution in [1.82, 2.24) is 10.3 Å². The monoisotopic (exact) mass is 426 g/mol. The van der Waals surface area contributed by atoms with Crippen molar-refractivity contribution in [1.29, 1.82) is 5.26 Å². The molecule has 0 fully saturated rings. The van der Waals surface area contributed by atoms with Crippen LogP contribution in [0.15, 0.2) is 53.6 Å². The Morgan fingerprint density at radius 3 is 2.65 bits per heavy atom. The van der Waals surface area contributed by atoms with Gasteiger partial charge in [0.05, 0.1) is 12.6 Å². The van der Waals surface area contributed by atoms with E-state index in [1.165, 1.54) is 18.0 Å². The highest BCUT2D eigenvalue weighted by Gasteiger charge is 2.32. The zero-order chi connectivity index (χ0) is 22.4. The van der Waals surface area contributed by atoms with Gasteiger partial charge in [0.1, 0.15) is 18.1 Å². The fourth-order valence-electron chi connectivity index (χ4n) is 2.86. The summed E-state index contributed by atoms with van der Waals surface area (Å²) in [6.45, 7) is 1.35. The maximum absolute atomic E-state index is 13.3. The first-order chi connectivity index (χ1) is 14.8. The molecular weight excluding hydrogens is 406 g/mol. The molecule has 0 aromatic heterocycles. The SMILES string of the molecule is CC(C#N)(COc1ccc(F)c(F)c1)NC(=O)C1=NN(Cc2ccccc2)C(=O)CC1. The minimum Gasteiger partial charge on any atom is -0.490 e. The van der Waals surface area contributed by atoms with E-state index in [2.05, 4.69) is 10.4 Å². The smallest absolute Gasteiger partial charge is 0.268 e. The van der Waals surface area contributed by atoms with Crippen LogP contribution in [0, 0.1) is 23.0 Å². The van der Waals surface area contributed by atoms with Gasteiger partial charge in [-0.1, -0.05) is 30.3 Å². The summed E-state index contributed by atoms with van der Waals surface area (Å²) >= 11 is 0. The number of nitrogens with one attached hydrogen (secondary N) is 1. The Balaban J connectivity index is 1.67. The third-order valence-corrected chi connectivity index (χ3v) is 4.60. The predicted octanol–water partition coefficient (Wildman–Crippen LogP) is 2.92. The molecule has 31 heavy (non-hydrogen) atoms. The van der Waals surface area contributed by atoms with Crippen LogP contribution in [0.1, 0.15) is 25.3 Å². The fourth-order valence-corrected chi connectivity index (χ4v) is 2.86. The quantitative estimate of drug-likeness (QED) is 0.737. The number of hydrogen-bond donors (Lipinski definition) is 1. The second-order valence-electron chi connectivity index (χ2n) is 7.25. The number of carbonyl (C=O) groups excluding carboxylic acids is 2. The number of carbonyl (C=O) groups is 2. The number of hydrogen-bond acceptors (Lipinski definition) is 5. The van der Waals surface area contributed by atoms with E-state index < -0.39 is 23.1 Å². The largest absolute Gasteiger partial charge is 0.490 e. The van der Waals surface area contributed by atoms with Crippen molar-refractivity contribution in [3.05, 3.63) is 65.7 Å². The molecule has 160 valence electrons. The summed E-state index contributed by atoms with van der Waals surface area (Å²) in [5, 5.41) is 17.5. The maximum Gasteiger partial charge on any atom is 0.268 e. The standard InChI is InChI=1S/C22H20F2N4O3/c1-22(13-25,14-31-16-7-8-17(23)18(24)11-16)26-21(30)19-9-10-20(29)28(27-19)12-15-5-3-2-4-6-15/h2-8,11H,9-10,12,14H2,1H3,(H,26,30). The lowest BCUT2D eigenvalue weighted by molar-refractivity contribution is -0.132. The lowest BCUT2D eigenvalue weighted by atomic mass is 10.0. The van der Waals surface area contributed by atoms with E-state index in [4.69, 9.17) is 4.74 Å². The molecule has 7 nitrogen and oxygen atoms in total. The highest BCUT2D eigenvalue weighted by atomic mass is 19.2. The van der Waals surface area contributed by atoms with Crippen molar-refractivity contribution in [3.63, 3.8) is 0 Å². The van der Waals surface area contributed by atoms with Crippen molar-refractivity contribution in [3.8, 4) is 11.8 Å². The molecule has 0 saturated heterocycles. The van der Waals surface area contributed by atoms with E-state index in [-0.39, 0.29) is 43.4 Å². The molecule has 2 aromatic rings. The second-order valence-corrected chi connectivity index (χ2v) is 7.25. The fraction of sp³-hybridized carbons (Fsp3) is 0.273. The van der Waals surface area contributed by atoms with Crippen LogP contribution in [0.2, 0.25) is 0 Å². The number of nitrogens with zero attached hydrogens (tertiary/aromatic N) is 3. The third kappa shape index (κ3) is 5.63. The molecule has 0 radical (unpaired) electrons. The minimum atomic E-state index is -1.46. The number of halogens is 2. The molecule has 1 atom stereocenters. The average Bonchev–Trinajstić information content (AvgIpc) is 2.77. The van der Waals surface area contributed by atoms with Gasteiger partial charge in [0.25, 0.3) is 5.91 Å². The Labute approximate surface area is 177 Å². The van der Waals surface area contributed by atoms with Crippen LogP contribution in [0.5, 0.6) is 5.75 Å². The van der Waals surface area contributed by atoms with Gasteiger partial charge in [-0.2, -0.15) is 10.4 Å². The Bertz CT molecular complexity index is 1050. The normalized spacial score (nSPS) is 15.5. The maximum atomic E-state index is 13.3. The topological polar surface area (TPSA) is 94.8 Å². The average molecular weight is 426 g/mol. The van der Waals surface area contributed by atoms with Crippen molar-refractivity contribution < 1.29 is 23.1 Å².